The van der Waals surface area contributed by atoms with E-state index in [-0.39, 0.29) is 11.9 Å². The molecule has 112 valence electrons. The van der Waals surface area contributed by atoms with Crippen LogP contribution in [-0.2, 0) is 0 Å². The van der Waals surface area contributed by atoms with Crippen LogP contribution in [0.4, 0.5) is 21.5 Å². The third-order valence-corrected chi connectivity index (χ3v) is 3.82. The largest absolute Gasteiger partial charge is 0.488 e. The minimum Gasteiger partial charge on any atom is -0.488 e. The van der Waals surface area contributed by atoms with Gasteiger partial charge in [0.1, 0.15) is 0 Å². The van der Waals surface area contributed by atoms with Gasteiger partial charge in [0.2, 0.25) is 0 Å². The molecule has 0 unspecified atom stereocenters. The van der Waals surface area contributed by atoms with Crippen molar-refractivity contribution in [1.82, 2.24) is 0 Å². The van der Waals surface area contributed by atoms with Crippen LogP contribution in [-0.4, -0.2) is 6.10 Å². The van der Waals surface area contributed by atoms with Gasteiger partial charge in [-0.05, 0) is 48.0 Å². The molecule has 0 saturated heterocycles. The molecule has 3 nitrogen and oxygen atoms in total. The number of benzene rings is 2. The van der Waals surface area contributed by atoms with E-state index in [4.69, 9.17) is 10.5 Å². The second-order valence-electron chi connectivity index (χ2n) is 4.79. The standard InChI is InChI=1S/C15H15Br2FN2O/c1-8(2)21-15-7-14(12(19)6-11(15)18)20-13-4-3-9(16)5-10(13)17/h3-8,20H,19H2,1-2H3. The van der Waals surface area contributed by atoms with E-state index in [9.17, 15) is 4.39 Å². The number of nitrogen functional groups attached to an aromatic ring is 1. The Morgan fingerprint density at radius 2 is 1.86 bits per heavy atom. The molecule has 2 rings (SSSR count). The third kappa shape index (κ3) is 4.11. The molecule has 0 aliphatic rings. The number of anilines is 3. The lowest BCUT2D eigenvalue weighted by Crippen LogP contribution is -2.08. The zero-order valence-corrected chi connectivity index (χ0v) is 14.8. The highest BCUT2D eigenvalue weighted by Gasteiger charge is 2.12. The summed E-state index contributed by atoms with van der Waals surface area (Å²) >= 11 is 6.86. The lowest BCUT2D eigenvalue weighted by atomic mass is 10.2. The van der Waals surface area contributed by atoms with Crippen LogP contribution in [0.5, 0.6) is 5.75 Å². The van der Waals surface area contributed by atoms with Crippen LogP contribution >= 0.6 is 31.9 Å². The third-order valence-electron chi connectivity index (χ3n) is 2.67. The first-order valence-electron chi connectivity index (χ1n) is 6.34. The molecule has 0 aliphatic carbocycles. The smallest absolute Gasteiger partial charge is 0.167 e. The lowest BCUT2D eigenvalue weighted by molar-refractivity contribution is 0.231. The molecule has 3 N–H and O–H groups in total. The van der Waals surface area contributed by atoms with E-state index in [1.807, 2.05) is 32.0 Å². The van der Waals surface area contributed by atoms with Gasteiger partial charge in [-0.25, -0.2) is 4.39 Å². The van der Waals surface area contributed by atoms with Crippen molar-refractivity contribution in [3.05, 3.63) is 45.1 Å². The second-order valence-corrected chi connectivity index (χ2v) is 6.56. The lowest BCUT2D eigenvalue weighted by Gasteiger charge is -2.15. The van der Waals surface area contributed by atoms with Crippen LogP contribution < -0.4 is 15.8 Å². The fraction of sp³-hybridized carbons (Fsp3) is 0.200. The Morgan fingerprint density at radius 3 is 2.48 bits per heavy atom. The molecule has 2 aromatic carbocycles. The van der Waals surface area contributed by atoms with Gasteiger partial charge in [-0.1, -0.05) is 15.9 Å². The Morgan fingerprint density at radius 1 is 1.14 bits per heavy atom. The van der Waals surface area contributed by atoms with Crippen molar-refractivity contribution < 1.29 is 9.13 Å². The first-order valence-corrected chi connectivity index (χ1v) is 7.93. The van der Waals surface area contributed by atoms with E-state index in [2.05, 4.69) is 37.2 Å². The van der Waals surface area contributed by atoms with Crippen molar-refractivity contribution in [3.63, 3.8) is 0 Å². The molecule has 0 spiro atoms. The van der Waals surface area contributed by atoms with Gasteiger partial charge < -0.3 is 15.8 Å². The average Bonchev–Trinajstić information content (AvgIpc) is 2.37. The topological polar surface area (TPSA) is 47.3 Å². The molecule has 6 heteroatoms. The zero-order valence-electron chi connectivity index (χ0n) is 11.6. The summed E-state index contributed by atoms with van der Waals surface area (Å²) in [6.45, 7) is 3.68. The van der Waals surface area contributed by atoms with Crippen LogP contribution in [0.1, 0.15) is 13.8 Å². The van der Waals surface area contributed by atoms with E-state index in [1.165, 1.54) is 6.07 Å². The highest BCUT2D eigenvalue weighted by molar-refractivity contribution is 9.11. The molecule has 0 bridgehead atoms. The van der Waals surface area contributed by atoms with Gasteiger partial charge >= 0.3 is 0 Å². The molecule has 0 heterocycles. The van der Waals surface area contributed by atoms with Gasteiger partial charge in [0.05, 0.1) is 23.2 Å². The molecular weight excluding hydrogens is 403 g/mol. The van der Waals surface area contributed by atoms with Crippen LogP contribution in [0.3, 0.4) is 0 Å². The monoisotopic (exact) mass is 416 g/mol. The summed E-state index contributed by atoms with van der Waals surface area (Å²) in [6, 6.07) is 8.53. The summed E-state index contributed by atoms with van der Waals surface area (Å²) in [5, 5.41) is 3.17. The molecule has 0 atom stereocenters. The minimum absolute atomic E-state index is 0.115. The highest BCUT2D eigenvalue weighted by atomic mass is 79.9. The van der Waals surface area contributed by atoms with Crippen LogP contribution in [0.15, 0.2) is 39.3 Å². The number of hydrogen-bond donors (Lipinski definition) is 2. The van der Waals surface area contributed by atoms with Gasteiger partial charge in [-0.2, -0.15) is 0 Å². The van der Waals surface area contributed by atoms with Gasteiger partial charge in [0, 0.05) is 21.1 Å². The van der Waals surface area contributed by atoms with E-state index in [0.29, 0.717) is 11.4 Å². The van der Waals surface area contributed by atoms with Crippen molar-refractivity contribution >= 4 is 48.9 Å². The van der Waals surface area contributed by atoms with Gasteiger partial charge in [0.25, 0.3) is 0 Å². The summed E-state index contributed by atoms with van der Waals surface area (Å²) in [6.07, 6.45) is -0.115. The molecule has 21 heavy (non-hydrogen) atoms. The number of hydrogen-bond acceptors (Lipinski definition) is 3. The molecule has 0 radical (unpaired) electrons. The highest BCUT2D eigenvalue weighted by Crippen LogP contribution is 2.34. The van der Waals surface area contributed by atoms with Crippen molar-refractivity contribution in [1.29, 1.82) is 0 Å². The van der Waals surface area contributed by atoms with Crippen molar-refractivity contribution in [2.75, 3.05) is 11.1 Å². The first kappa shape index (κ1) is 16.1. The predicted octanol–water partition coefficient (Wildman–Crippen LogP) is 5.46. The predicted molar refractivity (Wildman–Crippen MR) is 91.7 cm³/mol. The quantitative estimate of drug-likeness (QED) is 0.649. The summed E-state index contributed by atoms with van der Waals surface area (Å²) in [5.74, 6) is -0.295. The molecular formula is C15H15Br2FN2O. The van der Waals surface area contributed by atoms with E-state index in [0.717, 1.165) is 14.6 Å². The molecule has 2 aromatic rings. The maximum Gasteiger partial charge on any atom is 0.167 e. The van der Waals surface area contributed by atoms with Crippen molar-refractivity contribution in [2.24, 2.45) is 0 Å². The second kappa shape index (κ2) is 6.66. The number of nitrogens with one attached hydrogen (secondary N) is 1. The van der Waals surface area contributed by atoms with Crippen molar-refractivity contribution in [3.8, 4) is 5.75 Å². The Balaban J connectivity index is 2.34. The average molecular weight is 418 g/mol. The van der Waals surface area contributed by atoms with Gasteiger partial charge in [-0.3, -0.25) is 0 Å². The summed E-state index contributed by atoms with van der Waals surface area (Å²) in [7, 11) is 0. The summed E-state index contributed by atoms with van der Waals surface area (Å²) < 4.78 is 21.1. The Bertz CT molecular complexity index is 662. The zero-order chi connectivity index (χ0) is 15.6. The Labute approximate surface area is 139 Å². The Hall–Kier alpha value is -1.27. The maximum atomic E-state index is 13.8. The number of halogens is 3. The number of nitrogens with two attached hydrogens (primary N) is 1. The molecule has 0 saturated carbocycles. The maximum absolute atomic E-state index is 13.8. The summed E-state index contributed by atoms with van der Waals surface area (Å²) in [5.41, 5.74) is 7.60. The van der Waals surface area contributed by atoms with E-state index >= 15 is 0 Å². The van der Waals surface area contributed by atoms with Gasteiger partial charge in [0.15, 0.2) is 11.6 Å². The van der Waals surface area contributed by atoms with Crippen LogP contribution in [0.25, 0.3) is 0 Å². The number of rotatable bonds is 4. The van der Waals surface area contributed by atoms with Gasteiger partial charge in [-0.15, -0.1) is 0 Å². The number of ether oxygens (including phenoxy) is 1. The molecule has 0 aliphatic heterocycles. The summed E-state index contributed by atoms with van der Waals surface area (Å²) in [4.78, 5) is 0. The fourth-order valence-corrected chi connectivity index (χ4v) is 2.90. The van der Waals surface area contributed by atoms with E-state index in [1.54, 1.807) is 6.07 Å². The molecule has 0 fully saturated rings. The van der Waals surface area contributed by atoms with E-state index < -0.39 is 5.82 Å². The molecule has 0 aromatic heterocycles. The fourth-order valence-electron chi connectivity index (χ4n) is 1.76. The van der Waals surface area contributed by atoms with Crippen molar-refractivity contribution in [2.45, 2.75) is 20.0 Å². The van der Waals surface area contributed by atoms with Crippen LogP contribution in [0, 0.1) is 5.82 Å². The minimum atomic E-state index is -0.471. The first-order chi connectivity index (χ1) is 9.86. The SMILES string of the molecule is CC(C)Oc1cc(Nc2ccc(Br)cc2Br)c(N)cc1F. The Kier molecular flexibility index (Phi) is 5.11. The molecule has 0 amide bonds. The van der Waals surface area contributed by atoms with Crippen LogP contribution in [0.2, 0.25) is 0 Å². The normalized spacial score (nSPS) is 10.8.